The zero-order chi connectivity index (χ0) is 13.8. The van der Waals surface area contributed by atoms with Gasteiger partial charge in [0.1, 0.15) is 5.82 Å². The lowest BCUT2D eigenvalue weighted by Gasteiger charge is -2.15. The van der Waals surface area contributed by atoms with E-state index in [-0.39, 0.29) is 12.4 Å². The summed E-state index contributed by atoms with van der Waals surface area (Å²) in [6.07, 6.45) is -0.844. The molecule has 2 N–H and O–H groups in total. The number of anilines is 1. The minimum Gasteiger partial charge on any atom is -0.387 e. The van der Waals surface area contributed by atoms with Gasteiger partial charge >= 0.3 is 0 Å². The molecule has 0 spiro atoms. The van der Waals surface area contributed by atoms with Crippen molar-refractivity contribution in [1.29, 1.82) is 0 Å². The van der Waals surface area contributed by atoms with Gasteiger partial charge in [0.05, 0.1) is 21.8 Å². The molecule has 2 nitrogen and oxygen atoms in total. The number of hydrogen-bond acceptors (Lipinski definition) is 2. The molecule has 0 aliphatic heterocycles. The molecule has 0 fully saturated rings. The van der Waals surface area contributed by atoms with Crippen LogP contribution in [0.4, 0.5) is 10.1 Å². The number of halogens is 3. The van der Waals surface area contributed by atoms with Crippen LogP contribution in [0.25, 0.3) is 0 Å². The molecule has 0 radical (unpaired) electrons. The van der Waals surface area contributed by atoms with Crippen molar-refractivity contribution in [2.75, 3.05) is 11.9 Å². The first-order valence-electron chi connectivity index (χ1n) is 5.69. The van der Waals surface area contributed by atoms with Crippen molar-refractivity contribution >= 4 is 28.9 Å². The van der Waals surface area contributed by atoms with E-state index in [4.69, 9.17) is 23.2 Å². The van der Waals surface area contributed by atoms with Gasteiger partial charge in [-0.3, -0.25) is 0 Å². The third kappa shape index (κ3) is 3.60. The van der Waals surface area contributed by atoms with Gasteiger partial charge < -0.3 is 10.4 Å². The van der Waals surface area contributed by atoms with Gasteiger partial charge in [0.2, 0.25) is 0 Å². The lowest BCUT2D eigenvalue weighted by atomic mass is 10.1. The molecule has 0 aliphatic carbocycles. The standard InChI is InChI=1S/C14H12Cl2FNO/c15-11-5-2-6-12(16)14(11)18-8-13(19)9-3-1-4-10(17)7-9/h1-7,13,18-19H,8H2. The van der Waals surface area contributed by atoms with Crippen LogP contribution in [0.2, 0.25) is 10.0 Å². The maximum Gasteiger partial charge on any atom is 0.123 e. The fraction of sp³-hybridized carbons (Fsp3) is 0.143. The number of benzene rings is 2. The first-order valence-corrected chi connectivity index (χ1v) is 6.45. The Kier molecular flexibility index (Phi) is 4.64. The minimum atomic E-state index is -0.844. The minimum absolute atomic E-state index is 0.187. The van der Waals surface area contributed by atoms with E-state index in [1.54, 1.807) is 30.3 Å². The van der Waals surface area contributed by atoms with Gasteiger partial charge in [0.15, 0.2) is 0 Å². The topological polar surface area (TPSA) is 32.3 Å². The summed E-state index contributed by atoms with van der Waals surface area (Å²) in [7, 11) is 0. The molecule has 5 heteroatoms. The van der Waals surface area contributed by atoms with Crippen LogP contribution in [0.5, 0.6) is 0 Å². The Morgan fingerprint density at radius 2 is 1.74 bits per heavy atom. The molecule has 0 aliphatic rings. The SMILES string of the molecule is OC(CNc1c(Cl)cccc1Cl)c1cccc(F)c1. The van der Waals surface area contributed by atoms with Crippen LogP contribution in [0.1, 0.15) is 11.7 Å². The fourth-order valence-corrected chi connectivity index (χ4v) is 2.23. The van der Waals surface area contributed by atoms with E-state index < -0.39 is 6.10 Å². The molecule has 100 valence electrons. The number of nitrogens with one attached hydrogen (secondary N) is 1. The molecule has 0 saturated carbocycles. The highest BCUT2D eigenvalue weighted by molar-refractivity contribution is 6.39. The van der Waals surface area contributed by atoms with Crippen molar-refractivity contribution in [3.63, 3.8) is 0 Å². The number of aliphatic hydroxyl groups excluding tert-OH is 1. The van der Waals surface area contributed by atoms with Crippen LogP contribution in [0.15, 0.2) is 42.5 Å². The van der Waals surface area contributed by atoms with Gasteiger partial charge in [-0.15, -0.1) is 0 Å². The Morgan fingerprint density at radius 3 is 2.37 bits per heavy atom. The summed E-state index contributed by atoms with van der Waals surface area (Å²) in [5.74, 6) is -0.382. The van der Waals surface area contributed by atoms with E-state index in [1.165, 1.54) is 12.1 Å². The van der Waals surface area contributed by atoms with Crippen LogP contribution in [-0.2, 0) is 0 Å². The molecule has 2 aromatic rings. The maximum atomic E-state index is 13.0. The molecular weight excluding hydrogens is 288 g/mol. The second-order valence-corrected chi connectivity index (χ2v) is 4.86. The molecule has 0 aromatic heterocycles. The largest absolute Gasteiger partial charge is 0.387 e. The van der Waals surface area contributed by atoms with Crippen LogP contribution in [0.3, 0.4) is 0 Å². The summed E-state index contributed by atoms with van der Waals surface area (Å²) in [6, 6.07) is 11.0. The van der Waals surface area contributed by atoms with E-state index in [9.17, 15) is 9.50 Å². The van der Waals surface area contributed by atoms with Crippen LogP contribution >= 0.6 is 23.2 Å². The van der Waals surface area contributed by atoms with Crippen molar-refractivity contribution in [3.05, 3.63) is 63.9 Å². The number of aliphatic hydroxyl groups is 1. The first-order chi connectivity index (χ1) is 9.08. The molecule has 0 amide bonds. The Balaban J connectivity index is 2.06. The summed E-state index contributed by atoms with van der Waals surface area (Å²) in [5.41, 5.74) is 1.05. The molecule has 0 heterocycles. The summed E-state index contributed by atoms with van der Waals surface area (Å²) in [4.78, 5) is 0. The van der Waals surface area contributed by atoms with Gasteiger partial charge in [0, 0.05) is 6.54 Å². The van der Waals surface area contributed by atoms with E-state index in [0.29, 0.717) is 21.3 Å². The third-order valence-corrected chi connectivity index (χ3v) is 3.30. The van der Waals surface area contributed by atoms with E-state index in [2.05, 4.69) is 5.32 Å². The average Bonchev–Trinajstić information content (AvgIpc) is 2.38. The summed E-state index contributed by atoms with van der Waals surface area (Å²) < 4.78 is 13.0. The van der Waals surface area contributed by atoms with Crippen molar-refractivity contribution < 1.29 is 9.50 Å². The lowest BCUT2D eigenvalue weighted by Crippen LogP contribution is -2.12. The molecule has 1 atom stereocenters. The monoisotopic (exact) mass is 299 g/mol. The van der Waals surface area contributed by atoms with Gasteiger partial charge in [-0.25, -0.2) is 4.39 Å². The van der Waals surface area contributed by atoms with Crippen LogP contribution < -0.4 is 5.32 Å². The second-order valence-electron chi connectivity index (χ2n) is 4.05. The maximum absolute atomic E-state index is 13.0. The lowest BCUT2D eigenvalue weighted by molar-refractivity contribution is 0.191. The Labute approximate surface area is 120 Å². The summed E-state index contributed by atoms with van der Waals surface area (Å²) in [6.45, 7) is 0.187. The number of para-hydroxylation sites is 1. The van der Waals surface area contributed by atoms with Gasteiger partial charge in [-0.1, -0.05) is 41.4 Å². The van der Waals surface area contributed by atoms with Gasteiger partial charge in [0.25, 0.3) is 0 Å². The van der Waals surface area contributed by atoms with Crippen molar-refractivity contribution in [2.45, 2.75) is 6.10 Å². The second kappa shape index (κ2) is 6.24. The third-order valence-electron chi connectivity index (χ3n) is 2.67. The van der Waals surface area contributed by atoms with Gasteiger partial charge in [-0.05, 0) is 29.8 Å². The van der Waals surface area contributed by atoms with E-state index >= 15 is 0 Å². The Morgan fingerprint density at radius 1 is 1.11 bits per heavy atom. The quantitative estimate of drug-likeness (QED) is 0.883. The average molecular weight is 300 g/mol. The highest BCUT2D eigenvalue weighted by Gasteiger charge is 2.10. The van der Waals surface area contributed by atoms with Crippen molar-refractivity contribution in [3.8, 4) is 0 Å². The molecule has 2 aromatic carbocycles. The normalized spacial score (nSPS) is 12.2. The first kappa shape index (κ1) is 14.1. The zero-order valence-electron chi connectivity index (χ0n) is 9.91. The highest BCUT2D eigenvalue weighted by Crippen LogP contribution is 2.30. The van der Waals surface area contributed by atoms with Crippen molar-refractivity contribution in [2.24, 2.45) is 0 Å². The number of hydrogen-bond donors (Lipinski definition) is 2. The number of rotatable bonds is 4. The van der Waals surface area contributed by atoms with Crippen LogP contribution in [-0.4, -0.2) is 11.7 Å². The molecule has 0 saturated heterocycles. The highest BCUT2D eigenvalue weighted by atomic mass is 35.5. The predicted octanol–water partition coefficient (Wildman–Crippen LogP) is 4.28. The molecule has 2 rings (SSSR count). The van der Waals surface area contributed by atoms with Gasteiger partial charge in [-0.2, -0.15) is 0 Å². The molecule has 19 heavy (non-hydrogen) atoms. The molecule has 1 unspecified atom stereocenters. The summed E-state index contributed by atoms with van der Waals surface area (Å²) >= 11 is 12.0. The fourth-order valence-electron chi connectivity index (χ4n) is 1.70. The molecule has 0 bridgehead atoms. The smallest absolute Gasteiger partial charge is 0.123 e. The van der Waals surface area contributed by atoms with Crippen LogP contribution in [0, 0.1) is 5.82 Å². The van der Waals surface area contributed by atoms with Crippen molar-refractivity contribution in [1.82, 2.24) is 0 Å². The Hall–Kier alpha value is -1.29. The molecular formula is C14H12Cl2FNO. The predicted molar refractivity (Wildman–Crippen MR) is 76.3 cm³/mol. The van der Waals surface area contributed by atoms with E-state index in [0.717, 1.165) is 0 Å². The Bertz CT molecular complexity index is 557. The summed E-state index contributed by atoms with van der Waals surface area (Å²) in [5, 5.41) is 13.9. The zero-order valence-corrected chi connectivity index (χ0v) is 11.4. The van der Waals surface area contributed by atoms with E-state index in [1.807, 2.05) is 0 Å².